The number of imidazole rings is 1. The lowest BCUT2D eigenvalue weighted by Crippen LogP contribution is -2.56. The Hall–Kier alpha value is -2.38. The highest BCUT2D eigenvalue weighted by Gasteiger charge is 2.46. The van der Waals surface area contributed by atoms with E-state index in [0.717, 1.165) is 57.5 Å². The summed E-state index contributed by atoms with van der Waals surface area (Å²) in [5.74, 6) is -0.262. The molecular formula is C22H29N5O2. The maximum atomic E-state index is 12.2. The molecule has 7 heteroatoms. The summed E-state index contributed by atoms with van der Waals surface area (Å²) >= 11 is 0. The molecule has 0 aliphatic carbocycles. The number of para-hydroxylation sites is 2. The minimum atomic E-state index is -0.262. The average Bonchev–Trinajstić information content (AvgIpc) is 3.34. The van der Waals surface area contributed by atoms with Gasteiger partial charge in [0.25, 0.3) is 0 Å². The Morgan fingerprint density at radius 3 is 2.79 bits per heavy atom. The number of rotatable bonds is 5. The fourth-order valence-corrected chi connectivity index (χ4v) is 5.29. The van der Waals surface area contributed by atoms with Gasteiger partial charge in [0.2, 0.25) is 0 Å². The van der Waals surface area contributed by atoms with Crippen LogP contribution in [-0.2, 0) is 18.5 Å². The van der Waals surface area contributed by atoms with Crippen molar-refractivity contribution in [2.75, 3.05) is 32.7 Å². The quantitative estimate of drug-likeness (QED) is 0.719. The van der Waals surface area contributed by atoms with Crippen molar-refractivity contribution in [3.8, 4) is 0 Å². The molecule has 1 fully saturated rings. The van der Waals surface area contributed by atoms with E-state index in [1.807, 2.05) is 30.6 Å². The molecule has 0 unspecified atom stereocenters. The second-order valence-corrected chi connectivity index (χ2v) is 8.33. The predicted molar refractivity (Wildman–Crippen MR) is 112 cm³/mol. The van der Waals surface area contributed by atoms with Crippen molar-refractivity contribution < 1.29 is 4.42 Å². The fraction of sp³-hybridized carbons (Fsp3) is 0.545. The molecular weight excluding hydrogens is 366 g/mol. The fourth-order valence-electron chi connectivity index (χ4n) is 5.29. The van der Waals surface area contributed by atoms with Crippen LogP contribution in [0.15, 0.2) is 39.8 Å². The molecule has 0 saturated carbocycles. The van der Waals surface area contributed by atoms with Gasteiger partial charge >= 0.3 is 5.76 Å². The van der Waals surface area contributed by atoms with Gasteiger partial charge in [0.05, 0.1) is 23.1 Å². The molecule has 5 rings (SSSR count). The zero-order valence-corrected chi connectivity index (χ0v) is 17.1. The van der Waals surface area contributed by atoms with Crippen molar-refractivity contribution in [3.05, 3.63) is 52.5 Å². The van der Waals surface area contributed by atoms with E-state index in [1.165, 1.54) is 17.8 Å². The van der Waals surface area contributed by atoms with E-state index in [1.54, 1.807) is 4.57 Å². The number of hydrogen-bond acceptors (Lipinski definition) is 5. The molecule has 0 bridgehead atoms. The molecule has 154 valence electrons. The molecule has 0 amide bonds. The lowest BCUT2D eigenvalue weighted by Gasteiger charge is -2.50. The highest BCUT2D eigenvalue weighted by Crippen LogP contribution is 2.42. The first-order valence-electron chi connectivity index (χ1n) is 10.8. The smallest absolute Gasteiger partial charge is 0.408 e. The van der Waals surface area contributed by atoms with E-state index in [-0.39, 0.29) is 11.3 Å². The number of nitrogens with one attached hydrogen (secondary N) is 1. The van der Waals surface area contributed by atoms with Gasteiger partial charge in [-0.2, -0.15) is 0 Å². The van der Waals surface area contributed by atoms with Crippen molar-refractivity contribution in [1.29, 1.82) is 0 Å². The van der Waals surface area contributed by atoms with Crippen molar-refractivity contribution >= 4 is 11.1 Å². The van der Waals surface area contributed by atoms with Crippen LogP contribution in [0.2, 0.25) is 0 Å². The molecule has 0 radical (unpaired) electrons. The SMILES string of the molecule is CCCN1CCc2[nH]cnc2C12CCN(CCn1c(=O)oc3ccccc31)CC2. The van der Waals surface area contributed by atoms with Gasteiger partial charge in [-0.25, -0.2) is 9.78 Å². The number of aromatic nitrogens is 3. The standard InChI is InChI=1S/C22H29N5O2/c1-2-10-26-11-7-17-20(24-16-23-17)22(26)8-12-25(13-9-22)14-15-27-18-5-3-4-6-19(18)29-21(27)28/h3-6,16H,2,7-15H2,1H3,(H,23,24). The van der Waals surface area contributed by atoms with Crippen LogP contribution in [0.4, 0.5) is 0 Å². The summed E-state index contributed by atoms with van der Waals surface area (Å²) in [5.41, 5.74) is 4.21. The Morgan fingerprint density at radius 2 is 1.97 bits per heavy atom. The van der Waals surface area contributed by atoms with Gasteiger partial charge < -0.3 is 14.3 Å². The van der Waals surface area contributed by atoms with Crippen LogP contribution < -0.4 is 5.76 Å². The maximum Gasteiger partial charge on any atom is 0.419 e. The first kappa shape index (κ1) is 18.6. The number of hydrogen-bond donors (Lipinski definition) is 1. The van der Waals surface area contributed by atoms with Gasteiger partial charge in [-0.3, -0.25) is 9.47 Å². The molecule has 4 heterocycles. The van der Waals surface area contributed by atoms with Crippen LogP contribution in [-0.4, -0.2) is 57.1 Å². The Bertz CT molecular complexity index is 1040. The van der Waals surface area contributed by atoms with E-state index in [0.29, 0.717) is 12.1 Å². The van der Waals surface area contributed by atoms with Crippen LogP contribution in [0.25, 0.3) is 11.1 Å². The third kappa shape index (κ3) is 3.13. The minimum absolute atomic E-state index is 0.0687. The van der Waals surface area contributed by atoms with Crippen LogP contribution >= 0.6 is 0 Å². The normalized spacial score (nSPS) is 19.8. The third-order valence-corrected chi connectivity index (χ3v) is 6.79. The van der Waals surface area contributed by atoms with Crippen LogP contribution in [0.1, 0.15) is 37.6 Å². The second kappa shape index (κ2) is 7.46. The van der Waals surface area contributed by atoms with Gasteiger partial charge in [-0.05, 0) is 37.9 Å². The zero-order valence-electron chi connectivity index (χ0n) is 17.1. The second-order valence-electron chi connectivity index (χ2n) is 8.33. The lowest BCUT2D eigenvalue weighted by atomic mass is 9.78. The third-order valence-electron chi connectivity index (χ3n) is 6.79. The van der Waals surface area contributed by atoms with Crippen LogP contribution in [0, 0.1) is 0 Å². The average molecular weight is 396 g/mol. The number of aromatic amines is 1. The summed E-state index contributed by atoms with van der Waals surface area (Å²) in [5, 5.41) is 0. The number of fused-ring (bicyclic) bond motifs is 3. The molecule has 1 aromatic carbocycles. The first-order chi connectivity index (χ1) is 14.2. The van der Waals surface area contributed by atoms with Crippen molar-refractivity contribution in [3.63, 3.8) is 0 Å². The molecule has 2 aromatic heterocycles. The molecule has 7 nitrogen and oxygen atoms in total. The predicted octanol–water partition coefficient (Wildman–Crippen LogP) is 2.58. The van der Waals surface area contributed by atoms with E-state index in [9.17, 15) is 4.79 Å². The molecule has 29 heavy (non-hydrogen) atoms. The summed E-state index contributed by atoms with van der Waals surface area (Å²) in [7, 11) is 0. The Kier molecular flexibility index (Phi) is 4.80. The summed E-state index contributed by atoms with van der Waals surface area (Å²) in [6.07, 6.45) is 6.28. The van der Waals surface area contributed by atoms with Gasteiger partial charge in [0.15, 0.2) is 5.58 Å². The molecule has 3 aromatic rings. The highest BCUT2D eigenvalue weighted by atomic mass is 16.4. The molecule has 1 N–H and O–H groups in total. The molecule has 0 atom stereocenters. The maximum absolute atomic E-state index is 12.2. The van der Waals surface area contributed by atoms with Crippen molar-refractivity contribution in [1.82, 2.24) is 24.3 Å². The van der Waals surface area contributed by atoms with Crippen molar-refractivity contribution in [2.24, 2.45) is 0 Å². The summed E-state index contributed by atoms with van der Waals surface area (Å²) in [6, 6.07) is 7.65. The Morgan fingerprint density at radius 1 is 1.14 bits per heavy atom. The highest BCUT2D eigenvalue weighted by molar-refractivity contribution is 5.72. The minimum Gasteiger partial charge on any atom is -0.408 e. The van der Waals surface area contributed by atoms with Gasteiger partial charge in [-0.1, -0.05) is 19.1 Å². The van der Waals surface area contributed by atoms with Crippen molar-refractivity contribution in [2.45, 2.75) is 44.7 Å². The summed E-state index contributed by atoms with van der Waals surface area (Å²) in [4.78, 5) is 25.5. The number of nitrogens with zero attached hydrogens (tertiary/aromatic N) is 4. The topological polar surface area (TPSA) is 70.3 Å². The number of H-pyrrole nitrogens is 1. The van der Waals surface area contributed by atoms with E-state index < -0.39 is 0 Å². The largest absolute Gasteiger partial charge is 0.419 e. The molecule has 2 aliphatic rings. The van der Waals surface area contributed by atoms with Gasteiger partial charge in [0, 0.05) is 44.8 Å². The summed E-state index contributed by atoms with van der Waals surface area (Å²) in [6.45, 7) is 8.07. The molecule has 2 aliphatic heterocycles. The van der Waals surface area contributed by atoms with E-state index in [4.69, 9.17) is 9.40 Å². The first-order valence-corrected chi connectivity index (χ1v) is 10.8. The molecule has 1 spiro atoms. The zero-order chi connectivity index (χ0) is 19.8. The van der Waals surface area contributed by atoms with Crippen LogP contribution in [0.3, 0.4) is 0 Å². The van der Waals surface area contributed by atoms with Crippen LogP contribution in [0.5, 0.6) is 0 Å². The Labute approximate surface area is 170 Å². The number of likely N-dealkylation sites (tertiary alicyclic amines) is 1. The monoisotopic (exact) mass is 395 g/mol. The lowest BCUT2D eigenvalue weighted by molar-refractivity contribution is 0.00483. The van der Waals surface area contributed by atoms with E-state index >= 15 is 0 Å². The van der Waals surface area contributed by atoms with Gasteiger partial charge in [0.1, 0.15) is 0 Å². The number of benzene rings is 1. The van der Waals surface area contributed by atoms with E-state index in [2.05, 4.69) is 21.7 Å². The number of oxazole rings is 1. The Balaban J connectivity index is 1.30. The molecule has 1 saturated heterocycles. The van der Waals surface area contributed by atoms with Gasteiger partial charge in [-0.15, -0.1) is 0 Å². The number of piperidine rings is 1. The summed E-state index contributed by atoms with van der Waals surface area (Å²) < 4.78 is 7.13.